The molecule has 4 aromatic rings. The molecule has 0 saturated carbocycles. The molecule has 3 heterocycles. The molecule has 2 aromatic heterocycles. The standard InChI is InChI=1S/C27H26Cl2N8O4S/c1-17-2-4-18(5-3-17)25-26(29)33-27(32-25)21(15-24(39)36-10-12-42(40,41)13-11-36)31-23(38)9-6-19-14-20(28)7-8-22(19)37-16-30-34-35-37/h2-9,14,16,21H,10-13,15H2,1H3,(H,31,38)(H,32,33)/b9-6+/t21-/m0/s1. The smallest absolute Gasteiger partial charge is 0.244 e. The van der Waals surface area contributed by atoms with Crippen molar-refractivity contribution in [3.63, 3.8) is 0 Å². The van der Waals surface area contributed by atoms with Gasteiger partial charge in [-0.2, -0.15) is 4.68 Å². The summed E-state index contributed by atoms with van der Waals surface area (Å²) in [5.74, 6) is -0.759. The summed E-state index contributed by atoms with van der Waals surface area (Å²) in [5, 5.41) is 14.7. The molecule has 1 aliphatic heterocycles. The van der Waals surface area contributed by atoms with Crippen LogP contribution < -0.4 is 5.32 Å². The van der Waals surface area contributed by atoms with Gasteiger partial charge in [0.15, 0.2) is 9.84 Å². The molecular formula is C27H26Cl2N8O4S. The molecule has 1 fully saturated rings. The third-order valence-electron chi connectivity index (χ3n) is 6.73. The number of hydrogen-bond acceptors (Lipinski definition) is 8. The van der Waals surface area contributed by atoms with E-state index in [9.17, 15) is 18.0 Å². The predicted molar refractivity (Wildman–Crippen MR) is 158 cm³/mol. The molecule has 2 aromatic carbocycles. The van der Waals surface area contributed by atoms with Crippen molar-refractivity contribution >= 4 is 50.9 Å². The summed E-state index contributed by atoms with van der Waals surface area (Å²) in [7, 11) is -3.17. The Labute approximate surface area is 251 Å². The van der Waals surface area contributed by atoms with Gasteiger partial charge in [0.05, 0.1) is 29.7 Å². The van der Waals surface area contributed by atoms with Gasteiger partial charge < -0.3 is 15.2 Å². The zero-order valence-corrected chi connectivity index (χ0v) is 24.7. The molecule has 1 aliphatic rings. The number of nitrogens with zero attached hydrogens (tertiary/aromatic N) is 6. The maximum atomic E-state index is 13.2. The lowest BCUT2D eigenvalue weighted by atomic mass is 10.1. The number of benzene rings is 2. The fourth-order valence-electron chi connectivity index (χ4n) is 4.44. The Morgan fingerprint density at radius 1 is 1.12 bits per heavy atom. The molecule has 0 unspecified atom stereocenters. The first-order chi connectivity index (χ1) is 20.1. The van der Waals surface area contributed by atoms with E-state index in [0.717, 1.165) is 11.1 Å². The zero-order valence-electron chi connectivity index (χ0n) is 22.4. The highest BCUT2D eigenvalue weighted by atomic mass is 35.5. The number of hydrogen-bond donors (Lipinski definition) is 2. The van der Waals surface area contributed by atoms with Crippen LogP contribution in [0.5, 0.6) is 0 Å². The monoisotopic (exact) mass is 628 g/mol. The number of nitrogens with one attached hydrogen (secondary N) is 2. The van der Waals surface area contributed by atoms with E-state index in [1.165, 1.54) is 22.0 Å². The molecule has 2 amide bonds. The lowest BCUT2D eigenvalue weighted by Gasteiger charge is -2.28. The van der Waals surface area contributed by atoms with E-state index in [4.69, 9.17) is 23.2 Å². The summed E-state index contributed by atoms with van der Waals surface area (Å²) in [4.78, 5) is 35.5. The molecule has 5 rings (SSSR count). The first kappa shape index (κ1) is 29.4. The second-order valence-electron chi connectivity index (χ2n) is 9.74. The maximum Gasteiger partial charge on any atom is 0.244 e. The van der Waals surface area contributed by atoms with Crippen LogP contribution >= 0.6 is 23.2 Å². The molecule has 2 N–H and O–H groups in total. The second-order valence-corrected chi connectivity index (χ2v) is 12.9. The fraction of sp³-hybridized carbons (Fsp3) is 0.259. The van der Waals surface area contributed by atoms with E-state index in [2.05, 4.69) is 30.8 Å². The van der Waals surface area contributed by atoms with E-state index in [1.54, 1.807) is 24.3 Å². The van der Waals surface area contributed by atoms with Gasteiger partial charge in [-0.25, -0.2) is 13.4 Å². The van der Waals surface area contributed by atoms with Crippen LogP contribution in [-0.4, -0.2) is 79.9 Å². The zero-order chi connectivity index (χ0) is 29.9. The Hall–Kier alpha value is -4.07. The van der Waals surface area contributed by atoms with Gasteiger partial charge in [-0.3, -0.25) is 9.59 Å². The van der Waals surface area contributed by atoms with Crippen LogP contribution in [0.3, 0.4) is 0 Å². The van der Waals surface area contributed by atoms with Crippen molar-refractivity contribution in [2.24, 2.45) is 0 Å². The highest BCUT2D eigenvalue weighted by Crippen LogP contribution is 2.29. The number of amides is 2. The predicted octanol–water partition coefficient (Wildman–Crippen LogP) is 3.19. The van der Waals surface area contributed by atoms with Crippen LogP contribution in [0.4, 0.5) is 0 Å². The second kappa shape index (κ2) is 12.4. The number of rotatable bonds is 8. The van der Waals surface area contributed by atoms with Crippen molar-refractivity contribution in [2.45, 2.75) is 19.4 Å². The molecule has 15 heteroatoms. The molecule has 0 bridgehead atoms. The van der Waals surface area contributed by atoms with Gasteiger partial charge in [-0.1, -0.05) is 53.0 Å². The van der Waals surface area contributed by atoms with Crippen molar-refractivity contribution in [1.82, 2.24) is 40.4 Å². The summed E-state index contributed by atoms with van der Waals surface area (Å²) in [6.45, 7) is 2.14. The molecule has 42 heavy (non-hydrogen) atoms. The van der Waals surface area contributed by atoms with Crippen LogP contribution in [0.25, 0.3) is 23.0 Å². The average Bonchev–Trinajstić information content (AvgIpc) is 3.62. The highest BCUT2D eigenvalue weighted by Gasteiger charge is 2.29. The van der Waals surface area contributed by atoms with Crippen LogP contribution in [0.1, 0.15) is 29.4 Å². The van der Waals surface area contributed by atoms with Crippen molar-refractivity contribution < 1.29 is 18.0 Å². The van der Waals surface area contributed by atoms with Gasteiger partial charge in [0, 0.05) is 35.3 Å². The minimum atomic E-state index is -3.17. The summed E-state index contributed by atoms with van der Waals surface area (Å²) in [6.07, 6.45) is 4.11. The largest absolute Gasteiger partial charge is 0.342 e. The Morgan fingerprint density at radius 2 is 1.86 bits per heavy atom. The van der Waals surface area contributed by atoms with E-state index >= 15 is 0 Å². The lowest BCUT2D eigenvalue weighted by molar-refractivity contribution is -0.131. The molecule has 1 saturated heterocycles. The lowest BCUT2D eigenvalue weighted by Crippen LogP contribution is -2.45. The third kappa shape index (κ3) is 7.04. The van der Waals surface area contributed by atoms with Gasteiger partial charge in [0.1, 0.15) is 23.0 Å². The molecule has 0 radical (unpaired) electrons. The summed E-state index contributed by atoms with van der Waals surface area (Å²) < 4.78 is 25.2. The summed E-state index contributed by atoms with van der Waals surface area (Å²) >= 11 is 12.7. The van der Waals surface area contributed by atoms with E-state index < -0.39 is 21.8 Å². The summed E-state index contributed by atoms with van der Waals surface area (Å²) in [5.41, 5.74) is 3.49. The summed E-state index contributed by atoms with van der Waals surface area (Å²) in [6, 6.07) is 11.8. The number of aromatic amines is 1. The quantitative estimate of drug-likeness (QED) is 0.282. The van der Waals surface area contributed by atoms with Crippen molar-refractivity contribution in [3.05, 3.63) is 82.0 Å². The van der Waals surface area contributed by atoms with Gasteiger partial charge in [0.25, 0.3) is 0 Å². The van der Waals surface area contributed by atoms with E-state index in [0.29, 0.717) is 22.0 Å². The Morgan fingerprint density at radius 3 is 2.55 bits per heavy atom. The van der Waals surface area contributed by atoms with Crippen LogP contribution in [0, 0.1) is 6.92 Å². The van der Waals surface area contributed by atoms with Crippen molar-refractivity contribution in [3.8, 4) is 16.9 Å². The number of tetrazole rings is 1. The van der Waals surface area contributed by atoms with Crippen LogP contribution in [0.15, 0.2) is 54.9 Å². The molecular weight excluding hydrogens is 603 g/mol. The molecule has 1 atom stereocenters. The number of aryl methyl sites for hydroxylation is 1. The van der Waals surface area contributed by atoms with E-state index in [-0.39, 0.29) is 47.9 Å². The molecule has 218 valence electrons. The number of carbonyl (C=O) groups excluding carboxylic acids is 2. The average molecular weight is 630 g/mol. The number of imidazole rings is 1. The van der Waals surface area contributed by atoms with Crippen molar-refractivity contribution in [2.75, 3.05) is 24.6 Å². The normalized spacial score (nSPS) is 15.5. The third-order valence-corrected chi connectivity index (χ3v) is 8.84. The minimum absolute atomic E-state index is 0.0873. The highest BCUT2D eigenvalue weighted by molar-refractivity contribution is 7.91. The molecule has 0 aliphatic carbocycles. The number of aromatic nitrogens is 6. The number of carbonyl (C=O) groups is 2. The molecule has 12 nitrogen and oxygen atoms in total. The van der Waals surface area contributed by atoms with E-state index in [1.807, 2.05) is 31.2 Å². The Balaban J connectivity index is 1.40. The molecule has 0 spiro atoms. The first-order valence-electron chi connectivity index (χ1n) is 12.9. The van der Waals surface area contributed by atoms with Gasteiger partial charge in [0.2, 0.25) is 11.8 Å². The maximum absolute atomic E-state index is 13.2. The number of halogens is 2. The van der Waals surface area contributed by atoms with Gasteiger partial charge >= 0.3 is 0 Å². The van der Waals surface area contributed by atoms with Gasteiger partial charge in [-0.05, 0) is 41.6 Å². The Kier molecular flexibility index (Phi) is 8.71. The van der Waals surface area contributed by atoms with Crippen LogP contribution in [-0.2, 0) is 19.4 Å². The van der Waals surface area contributed by atoms with Gasteiger partial charge in [-0.15, -0.1) is 5.10 Å². The topological polar surface area (TPSA) is 156 Å². The fourth-order valence-corrected chi connectivity index (χ4v) is 6.07. The Bertz CT molecular complexity index is 1720. The van der Waals surface area contributed by atoms with Crippen LogP contribution in [0.2, 0.25) is 10.2 Å². The first-order valence-corrected chi connectivity index (χ1v) is 15.5. The number of sulfone groups is 1. The SMILES string of the molecule is Cc1ccc(-c2nc([C@H](CC(=O)N3CCS(=O)(=O)CC3)NC(=O)/C=C/c3cc(Cl)ccc3-n3cnnn3)[nH]c2Cl)cc1. The minimum Gasteiger partial charge on any atom is -0.342 e. The number of H-pyrrole nitrogens is 1. The van der Waals surface area contributed by atoms with Crippen molar-refractivity contribution in [1.29, 1.82) is 0 Å².